The Kier molecular flexibility index (Phi) is 3.60. The van der Waals surface area contributed by atoms with Crippen molar-refractivity contribution in [1.29, 1.82) is 0 Å². The van der Waals surface area contributed by atoms with Gasteiger partial charge in [-0.05, 0) is 0 Å². The van der Waals surface area contributed by atoms with Crippen molar-refractivity contribution >= 4 is 5.95 Å². The number of rotatable bonds is 5. The molecule has 0 bridgehead atoms. The van der Waals surface area contributed by atoms with Gasteiger partial charge in [-0.1, -0.05) is 18.7 Å². The number of aromatic nitrogens is 3. The number of nitrogens with zero attached hydrogens (tertiary/aromatic N) is 3. The molecule has 0 saturated carbocycles. The highest BCUT2D eigenvalue weighted by atomic mass is 16.5. The van der Waals surface area contributed by atoms with Gasteiger partial charge in [0, 0.05) is 6.42 Å². The normalized spacial score (nSPS) is 9.43. The predicted molar refractivity (Wildman–Crippen MR) is 53.8 cm³/mol. The average molecular weight is 192 g/mol. The topological polar surface area (TPSA) is 73.9 Å². The molecular weight excluding hydrogens is 180 g/mol. The van der Waals surface area contributed by atoms with Crippen LogP contribution in [-0.4, -0.2) is 21.6 Å². The lowest BCUT2D eigenvalue weighted by molar-refractivity contribution is 0.331. The zero-order valence-electron chi connectivity index (χ0n) is 7.81. The van der Waals surface area contributed by atoms with Gasteiger partial charge in [-0.2, -0.15) is 15.0 Å². The molecule has 14 heavy (non-hydrogen) atoms. The van der Waals surface area contributed by atoms with Crippen molar-refractivity contribution in [3.63, 3.8) is 0 Å². The van der Waals surface area contributed by atoms with Crippen molar-refractivity contribution in [3.8, 4) is 6.01 Å². The third-order valence-electron chi connectivity index (χ3n) is 1.34. The van der Waals surface area contributed by atoms with Gasteiger partial charge in [-0.25, -0.2) is 0 Å². The molecule has 2 N–H and O–H groups in total. The minimum atomic E-state index is 0.149. The van der Waals surface area contributed by atoms with Gasteiger partial charge in [0.05, 0.1) is 0 Å². The minimum Gasteiger partial charge on any atom is -0.459 e. The van der Waals surface area contributed by atoms with Crippen LogP contribution in [0.15, 0.2) is 25.3 Å². The van der Waals surface area contributed by atoms with E-state index in [-0.39, 0.29) is 12.0 Å². The van der Waals surface area contributed by atoms with Crippen LogP contribution in [0.3, 0.4) is 0 Å². The predicted octanol–water partition coefficient (Wildman–Crippen LogP) is 0.747. The highest BCUT2D eigenvalue weighted by molar-refractivity contribution is 5.18. The molecule has 0 aliphatic rings. The molecule has 74 valence electrons. The molecule has 0 amide bonds. The van der Waals surface area contributed by atoms with E-state index in [0.29, 0.717) is 18.9 Å². The number of nitrogens with two attached hydrogens (primary N) is 1. The van der Waals surface area contributed by atoms with Crippen molar-refractivity contribution in [2.45, 2.75) is 6.42 Å². The van der Waals surface area contributed by atoms with Crippen LogP contribution in [0, 0.1) is 0 Å². The monoisotopic (exact) mass is 192 g/mol. The Morgan fingerprint density at radius 1 is 1.21 bits per heavy atom. The van der Waals surface area contributed by atoms with Gasteiger partial charge in [0.15, 0.2) is 0 Å². The Morgan fingerprint density at radius 3 is 2.64 bits per heavy atom. The minimum absolute atomic E-state index is 0.149. The van der Waals surface area contributed by atoms with Crippen molar-refractivity contribution in [3.05, 3.63) is 31.1 Å². The van der Waals surface area contributed by atoms with E-state index in [0.717, 1.165) is 0 Å². The molecule has 0 unspecified atom stereocenters. The summed E-state index contributed by atoms with van der Waals surface area (Å²) in [6.07, 6.45) is 3.83. The summed E-state index contributed by atoms with van der Waals surface area (Å²) in [6.45, 7) is 7.44. The Hall–Kier alpha value is -1.91. The van der Waals surface area contributed by atoms with Gasteiger partial charge in [-0.15, -0.1) is 6.58 Å². The molecule has 0 atom stereocenters. The summed E-state index contributed by atoms with van der Waals surface area (Å²) in [7, 11) is 0. The number of hydrogen-bond acceptors (Lipinski definition) is 5. The molecule has 0 spiro atoms. The third kappa shape index (κ3) is 2.85. The first-order valence-corrected chi connectivity index (χ1v) is 4.11. The van der Waals surface area contributed by atoms with Crippen LogP contribution in [0.4, 0.5) is 5.95 Å². The molecule has 0 saturated heterocycles. The van der Waals surface area contributed by atoms with Crippen LogP contribution in [0.5, 0.6) is 6.01 Å². The summed E-state index contributed by atoms with van der Waals surface area (Å²) in [5.41, 5.74) is 5.46. The van der Waals surface area contributed by atoms with E-state index < -0.39 is 0 Å². The van der Waals surface area contributed by atoms with E-state index in [4.69, 9.17) is 10.5 Å². The van der Waals surface area contributed by atoms with E-state index in [1.807, 2.05) is 0 Å². The molecule has 1 heterocycles. The Morgan fingerprint density at radius 2 is 2.00 bits per heavy atom. The van der Waals surface area contributed by atoms with Gasteiger partial charge < -0.3 is 10.5 Å². The second kappa shape index (κ2) is 4.96. The number of allylic oxidation sites excluding steroid dienone is 1. The molecule has 0 radical (unpaired) electrons. The molecule has 5 heteroatoms. The van der Waals surface area contributed by atoms with Crippen LogP contribution in [0.1, 0.15) is 5.82 Å². The van der Waals surface area contributed by atoms with Crippen LogP contribution >= 0.6 is 0 Å². The average Bonchev–Trinajstić information content (AvgIpc) is 2.14. The molecule has 0 fully saturated rings. The van der Waals surface area contributed by atoms with E-state index >= 15 is 0 Å². The summed E-state index contributed by atoms with van der Waals surface area (Å²) < 4.78 is 5.13. The van der Waals surface area contributed by atoms with Crippen LogP contribution in [0.2, 0.25) is 0 Å². The quantitative estimate of drug-likeness (QED) is 0.697. The van der Waals surface area contributed by atoms with Crippen molar-refractivity contribution in [2.75, 3.05) is 12.3 Å². The van der Waals surface area contributed by atoms with Gasteiger partial charge in [-0.3, -0.25) is 0 Å². The van der Waals surface area contributed by atoms with E-state index in [1.165, 1.54) is 0 Å². The molecule has 0 aromatic carbocycles. The second-order valence-corrected chi connectivity index (χ2v) is 2.48. The summed E-state index contributed by atoms with van der Waals surface area (Å²) in [5.74, 6) is 0.697. The maximum Gasteiger partial charge on any atom is 0.321 e. The Balaban J connectivity index is 2.82. The number of ether oxygens (including phenoxy) is 1. The fourth-order valence-electron chi connectivity index (χ4n) is 0.834. The maximum atomic E-state index is 5.46. The summed E-state index contributed by atoms with van der Waals surface area (Å²) in [5, 5.41) is 0. The van der Waals surface area contributed by atoms with E-state index in [2.05, 4.69) is 28.1 Å². The fraction of sp³-hybridized carbons (Fsp3) is 0.222. The standard InChI is InChI=1S/C9H12N4O/c1-3-5-7-11-8(10)13-9(12-7)14-6-4-2/h3-4H,1-2,5-6H2,(H2,10,11,12,13). The molecular formula is C9H12N4O. The first kappa shape index (κ1) is 10.2. The zero-order chi connectivity index (χ0) is 10.4. The van der Waals surface area contributed by atoms with E-state index in [9.17, 15) is 0 Å². The second-order valence-electron chi connectivity index (χ2n) is 2.48. The van der Waals surface area contributed by atoms with Crippen molar-refractivity contribution in [2.24, 2.45) is 0 Å². The first-order valence-electron chi connectivity index (χ1n) is 4.11. The Labute approximate surface area is 82.4 Å². The van der Waals surface area contributed by atoms with Gasteiger partial charge >= 0.3 is 6.01 Å². The van der Waals surface area contributed by atoms with Crippen LogP contribution in [0.25, 0.3) is 0 Å². The largest absolute Gasteiger partial charge is 0.459 e. The van der Waals surface area contributed by atoms with Gasteiger partial charge in [0.1, 0.15) is 12.4 Å². The van der Waals surface area contributed by atoms with E-state index in [1.54, 1.807) is 12.2 Å². The van der Waals surface area contributed by atoms with Crippen molar-refractivity contribution in [1.82, 2.24) is 15.0 Å². The van der Waals surface area contributed by atoms with Crippen LogP contribution in [-0.2, 0) is 6.42 Å². The molecule has 5 nitrogen and oxygen atoms in total. The zero-order valence-corrected chi connectivity index (χ0v) is 7.81. The molecule has 1 aromatic rings. The summed E-state index contributed by atoms with van der Waals surface area (Å²) in [6, 6.07) is 0.217. The summed E-state index contributed by atoms with van der Waals surface area (Å²) >= 11 is 0. The van der Waals surface area contributed by atoms with Crippen LogP contribution < -0.4 is 10.5 Å². The molecule has 1 aromatic heterocycles. The first-order chi connectivity index (χ1) is 6.76. The lowest BCUT2D eigenvalue weighted by Gasteiger charge is -2.03. The lowest BCUT2D eigenvalue weighted by Crippen LogP contribution is -2.06. The summed E-state index contributed by atoms with van der Waals surface area (Å²) in [4.78, 5) is 11.7. The SMILES string of the molecule is C=CCOc1nc(N)nc(CC=C)n1. The van der Waals surface area contributed by atoms with Crippen molar-refractivity contribution < 1.29 is 4.74 Å². The third-order valence-corrected chi connectivity index (χ3v) is 1.34. The molecule has 0 aliphatic carbocycles. The number of anilines is 1. The number of hydrogen-bond donors (Lipinski definition) is 1. The van der Waals surface area contributed by atoms with Gasteiger partial charge in [0.2, 0.25) is 5.95 Å². The fourth-order valence-corrected chi connectivity index (χ4v) is 0.834. The smallest absolute Gasteiger partial charge is 0.321 e. The maximum absolute atomic E-state index is 5.46. The molecule has 1 rings (SSSR count). The highest BCUT2D eigenvalue weighted by Gasteiger charge is 2.02. The highest BCUT2D eigenvalue weighted by Crippen LogP contribution is 2.05. The molecule has 0 aliphatic heterocycles. The number of nitrogen functional groups attached to an aromatic ring is 1. The Bertz CT molecular complexity index is 338. The lowest BCUT2D eigenvalue weighted by atomic mass is 10.4. The van der Waals surface area contributed by atoms with Gasteiger partial charge in [0.25, 0.3) is 0 Å².